The van der Waals surface area contributed by atoms with Gasteiger partial charge in [0.15, 0.2) is 5.13 Å². The summed E-state index contributed by atoms with van der Waals surface area (Å²) in [7, 11) is 0. The van der Waals surface area contributed by atoms with E-state index in [2.05, 4.69) is 10.3 Å². The topological polar surface area (TPSA) is 42.0 Å². The van der Waals surface area contributed by atoms with Gasteiger partial charge in [0.2, 0.25) is 0 Å². The van der Waals surface area contributed by atoms with E-state index in [0.29, 0.717) is 6.07 Å². The van der Waals surface area contributed by atoms with Crippen LogP contribution in [0.2, 0.25) is 0 Å². The molecule has 1 aromatic carbocycles. The number of nitrogens with one attached hydrogen (secondary N) is 1. The second-order valence-corrected chi connectivity index (χ2v) is 5.13. The Kier molecular flexibility index (Phi) is 3.76. The summed E-state index contributed by atoms with van der Waals surface area (Å²) in [5.74, 6) is -2.56. The van der Waals surface area contributed by atoms with Crippen LogP contribution in [-0.4, -0.2) is 10.9 Å². The van der Waals surface area contributed by atoms with E-state index in [0.717, 1.165) is 28.3 Å². The van der Waals surface area contributed by atoms with Crippen molar-refractivity contribution in [3.05, 3.63) is 46.2 Å². The van der Waals surface area contributed by atoms with E-state index in [9.17, 15) is 22.4 Å². The predicted octanol–water partition coefficient (Wildman–Crippen LogP) is 3.86. The first-order chi connectivity index (χ1) is 9.29. The van der Waals surface area contributed by atoms with Crippen LogP contribution in [0.4, 0.5) is 22.7 Å². The first kappa shape index (κ1) is 14.4. The molecule has 0 spiro atoms. The zero-order chi connectivity index (χ0) is 14.9. The minimum Gasteiger partial charge on any atom is -0.298 e. The smallest absolute Gasteiger partial charge is 0.298 e. The van der Waals surface area contributed by atoms with Crippen LogP contribution in [0.15, 0.2) is 24.4 Å². The van der Waals surface area contributed by atoms with Crippen molar-refractivity contribution < 1.29 is 22.4 Å². The van der Waals surface area contributed by atoms with Crippen molar-refractivity contribution in [3.63, 3.8) is 0 Å². The molecule has 0 aliphatic rings. The molecule has 2 rings (SSSR count). The fraction of sp³-hybridized carbons (Fsp3) is 0.167. The molecule has 1 heterocycles. The van der Waals surface area contributed by atoms with Crippen molar-refractivity contribution in [2.24, 2.45) is 0 Å². The fourth-order valence-corrected chi connectivity index (χ4v) is 2.16. The van der Waals surface area contributed by atoms with Crippen LogP contribution >= 0.6 is 11.3 Å². The number of aryl methyl sites for hydroxylation is 1. The third-order valence-electron chi connectivity index (χ3n) is 2.39. The third-order valence-corrected chi connectivity index (χ3v) is 3.22. The number of anilines is 1. The average Bonchev–Trinajstić information content (AvgIpc) is 2.73. The molecule has 2 aromatic rings. The Morgan fingerprint density at radius 1 is 1.35 bits per heavy atom. The van der Waals surface area contributed by atoms with Crippen LogP contribution in [0.5, 0.6) is 0 Å². The summed E-state index contributed by atoms with van der Waals surface area (Å²) >= 11 is 1.14. The summed E-state index contributed by atoms with van der Waals surface area (Å²) < 4.78 is 51.4. The molecule has 8 heteroatoms. The number of aromatic nitrogens is 1. The molecule has 0 atom stereocenters. The first-order valence-corrected chi connectivity index (χ1v) is 6.20. The van der Waals surface area contributed by atoms with Crippen molar-refractivity contribution in [2.75, 3.05) is 5.32 Å². The second kappa shape index (κ2) is 5.20. The molecule has 0 aliphatic carbocycles. The van der Waals surface area contributed by atoms with Gasteiger partial charge in [0.1, 0.15) is 5.82 Å². The van der Waals surface area contributed by atoms with Gasteiger partial charge in [0, 0.05) is 11.1 Å². The standard InChI is InChI=1S/C12H8F4N2OS/c1-6-5-17-11(20-6)18-10(19)7-3-2-4-8(9(7)13)12(14,15)16/h2-5H,1H3,(H,17,18,19). The molecule has 1 amide bonds. The lowest BCUT2D eigenvalue weighted by molar-refractivity contribution is -0.140. The number of amides is 1. The Morgan fingerprint density at radius 2 is 2.05 bits per heavy atom. The quantitative estimate of drug-likeness (QED) is 0.856. The van der Waals surface area contributed by atoms with E-state index in [4.69, 9.17) is 0 Å². The van der Waals surface area contributed by atoms with Crippen LogP contribution in [0.1, 0.15) is 20.8 Å². The molecule has 0 bridgehead atoms. The highest BCUT2D eigenvalue weighted by Crippen LogP contribution is 2.32. The highest BCUT2D eigenvalue weighted by atomic mass is 32.1. The molecule has 0 saturated carbocycles. The summed E-state index contributed by atoms with van der Waals surface area (Å²) in [6.07, 6.45) is -3.36. The maximum atomic E-state index is 13.7. The van der Waals surface area contributed by atoms with Crippen LogP contribution in [0.25, 0.3) is 0 Å². The van der Waals surface area contributed by atoms with Crippen LogP contribution < -0.4 is 5.32 Å². The van der Waals surface area contributed by atoms with Crippen molar-refractivity contribution in [3.8, 4) is 0 Å². The van der Waals surface area contributed by atoms with Crippen LogP contribution in [0.3, 0.4) is 0 Å². The van der Waals surface area contributed by atoms with E-state index in [-0.39, 0.29) is 5.13 Å². The second-order valence-electron chi connectivity index (χ2n) is 3.90. The number of alkyl halides is 3. The molecule has 0 fully saturated rings. The highest BCUT2D eigenvalue weighted by molar-refractivity contribution is 7.15. The summed E-state index contributed by atoms with van der Waals surface area (Å²) in [5, 5.41) is 2.46. The molecule has 0 unspecified atom stereocenters. The minimum absolute atomic E-state index is 0.198. The number of nitrogens with zero attached hydrogens (tertiary/aromatic N) is 1. The number of thiazole rings is 1. The van der Waals surface area contributed by atoms with Gasteiger partial charge in [-0.05, 0) is 19.1 Å². The Morgan fingerprint density at radius 3 is 2.60 bits per heavy atom. The molecule has 20 heavy (non-hydrogen) atoms. The molecule has 0 saturated heterocycles. The number of benzene rings is 1. The fourth-order valence-electron chi connectivity index (χ4n) is 1.50. The van der Waals surface area contributed by atoms with Crippen LogP contribution in [0, 0.1) is 12.7 Å². The van der Waals surface area contributed by atoms with Crippen molar-refractivity contribution in [2.45, 2.75) is 13.1 Å². The Hall–Kier alpha value is -1.96. The Bertz CT molecular complexity index is 651. The van der Waals surface area contributed by atoms with Gasteiger partial charge < -0.3 is 0 Å². The predicted molar refractivity (Wildman–Crippen MR) is 66.2 cm³/mol. The third kappa shape index (κ3) is 2.96. The average molecular weight is 304 g/mol. The highest BCUT2D eigenvalue weighted by Gasteiger charge is 2.35. The summed E-state index contributed by atoms with van der Waals surface area (Å²) in [6, 6.07) is 2.55. The molecule has 1 N–H and O–H groups in total. The van der Waals surface area contributed by atoms with E-state index in [1.807, 2.05) is 0 Å². The summed E-state index contributed by atoms with van der Waals surface area (Å²) in [4.78, 5) is 16.4. The van der Waals surface area contributed by atoms with Crippen molar-refractivity contribution in [1.82, 2.24) is 4.98 Å². The zero-order valence-corrected chi connectivity index (χ0v) is 10.9. The first-order valence-electron chi connectivity index (χ1n) is 5.38. The SMILES string of the molecule is Cc1cnc(NC(=O)c2cccc(C(F)(F)F)c2F)s1. The van der Waals surface area contributed by atoms with Gasteiger partial charge in [-0.15, -0.1) is 11.3 Å². The van der Waals surface area contributed by atoms with Gasteiger partial charge in [-0.2, -0.15) is 13.2 Å². The molecule has 1 aromatic heterocycles. The Balaban J connectivity index is 2.31. The molecular formula is C12H8F4N2OS. The summed E-state index contributed by atoms with van der Waals surface area (Å²) in [6.45, 7) is 1.75. The number of hydrogen-bond acceptors (Lipinski definition) is 3. The monoisotopic (exact) mass is 304 g/mol. The Labute approximate surface area is 115 Å². The lowest BCUT2D eigenvalue weighted by Gasteiger charge is -2.10. The lowest BCUT2D eigenvalue weighted by atomic mass is 10.1. The van der Waals surface area contributed by atoms with Gasteiger partial charge >= 0.3 is 6.18 Å². The van der Waals surface area contributed by atoms with Crippen molar-refractivity contribution >= 4 is 22.4 Å². The van der Waals surface area contributed by atoms with Crippen molar-refractivity contribution in [1.29, 1.82) is 0 Å². The molecule has 106 valence electrons. The summed E-state index contributed by atoms with van der Waals surface area (Å²) in [5.41, 5.74) is -2.15. The van der Waals surface area contributed by atoms with E-state index in [1.54, 1.807) is 6.92 Å². The number of rotatable bonds is 2. The molecular weight excluding hydrogens is 296 g/mol. The molecule has 0 radical (unpaired) electrons. The van der Waals surface area contributed by atoms with E-state index < -0.39 is 29.0 Å². The minimum atomic E-state index is -4.85. The number of carbonyl (C=O) groups is 1. The number of carbonyl (C=O) groups excluding carboxylic acids is 1. The zero-order valence-electron chi connectivity index (χ0n) is 10.1. The maximum Gasteiger partial charge on any atom is 0.419 e. The molecule has 3 nitrogen and oxygen atoms in total. The number of halogens is 4. The van der Waals surface area contributed by atoms with Gasteiger partial charge in [0.05, 0.1) is 11.1 Å². The normalized spacial score (nSPS) is 11.4. The van der Waals surface area contributed by atoms with Gasteiger partial charge in [0.25, 0.3) is 5.91 Å². The van der Waals surface area contributed by atoms with Gasteiger partial charge in [-0.1, -0.05) is 6.07 Å². The molecule has 0 aliphatic heterocycles. The maximum absolute atomic E-state index is 13.7. The van der Waals surface area contributed by atoms with Crippen LogP contribution in [-0.2, 0) is 6.18 Å². The van der Waals surface area contributed by atoms with Gasteiger partial charge in [-0.3, -0.25) is 10.1 Å². The van der Waals surface area contributed by atoms with E-state index in [1.165, 1.54) is 6.20 Å². The largest absolute Gasteiger partial charge is 0.419 e. The number of hydrogen-bond donors (Lipinski definition) is 1. The lowest BCUT2D eigenvalue weighted by Crippen LogP contribution is -2.17. The van der Waals surface area contributed by atoms with Gasteiger partial charge in [-0.25, -0.2) is 9.37 Å². The van der Waals surface area contributed by atoms with E-state index >= 15 is 0 Å².